The van der Waals surface area contributed by atoms with Crippen molar-refractivity contribution in [3.63, 3.8) is 0 Å². The van der Waals surface area contributed by atoms with Gasteiger partial charge in [0, 0.05) is 44.6 Å². The molecular weight excluding hydrogens is 420 g/mol. The molecule has 0 saturated carbocycles. The Morgan fingerprint density at radius 3 is 2.82 bits per heavy atom. The molecule has 2 aliphatic heterocycles. The molecule has 4 heterocycles. The molecule has 170 valence electrons. The summed E-state index contributed by atoms with van der Waals surface area (Å²) in [5.41, 5.74) is 3.93. The van der Waals surface area contributed by atoms with Gasteiger partial charge in [-0.1, -0.05) is 12.1 Å². The van der Waals surface area contributed by atoms with E-state index in [9.17, 15) is 9.59 Å². The highest BCUT2D eigenvalue weighted by atomic mass is 16.5. The molecule has 0 unspecified atom stereocenters. The lowest BCUT2D eigenvalue weighted by Gasteiger charge is -2.40. The van der Waals surface area contributed by atoms with E-state index >= 15 is 0 Å². The fraction of sp³-hybridized carbons (Fsp3) is 0.333. The quantitative estimate of drug-likeness (QED) is 0.647. The number of benzene rings is 1. The highest BCUT2D eigenvalue weighted by Crippen LogP contribution is 2.32. The van der Waals surface area contributed by atoms with E-state index in [2.05, 4.69) is 20.3 Å². The lowest BCUT2D eigenvalue weighted by molar-refractivity contribution is -0.118. The van der Waals surface area contributed by atoms with Crippen LogP contribution in [0.4, 0.5) is 5.69 Å². The predicted molar refractivity (Wildman–Crippen MR) is 123 cm³/mol. The third-order valence-electron chi connectivity index (χ3n) is 6.14. The molecule has 2 amide bonds. The Morgan fingerprint density at radius 1 is 1.18 bits per heavy atom. The molecule has 0 bridgehead atoms. The van der Waals surface area contributed by atoms with E-state index in [-0.39, 0.29) is 24.4 Å². The first-order valence-corrected chi connectivity index (χ1v) is 11.0. The highest BCUT2D eigenvalue weighted by molar-refractivity contribution is 5.95. The van der Waals surface area contributed by atoms with Crippen LogP contribution in [0.15, 0.2) is 48.8 Å². The smallest absolute Gasteiger partial charge is 0.272 e. The number of carbonyl (C=O) groups excluding carboxylic acids is 2. The highest BCUT2D eigenvalue weighted by Gasteiger charge is 2.33. The van der Waals surface area contributed by atoms with Gasteiger partial charge in [-0.25, -0.2) is 0 Å². The number of nitrogens with zero attached hydrogens (tertiary/aromatic N) is 5. The molecule has 5 rings (SSSR count). The molecule has 1 saturated heterocycles. The zero-order valence-corrected chi connectivity index (χ0v) is 18.7. The van der Waals surface area contributed by atoms with Crippen molar-refractivity contribution in [3.05, 3.63) is 60.2 Å². The maximum atomic E-state index is 13.1. The number of piperazine rings is 1. The number of hydrogen-bond donors (Lipinski definition) is 1. The molecule has 3 aromatic rings. The zero-order valence-electron chi connectivity index (χ0n) is 18.7. The van der Waals surface area contributed by atoms with Crippen molar-refractivity contribution >= 4 is 17.5 Å². The summed E-state index contributed by atoms with van der Waals surface area (Å²) in [7, 11) is 1.78. The average molecular weight is 447 g/mol. The molecule has 0 spiro atoms. The van der Waals surface area contributed by atoms with Crippen LogP contribution < -0.4 is 10.1 Å². The number of nitrogens with one attached hydrogen (secondary N) is 1. The van der Waals surface area contributed by atoms with Crippen LogP contribution in [0.25, 0.3) is 11.1 Å². The van der Waals surface area contributed by atoms with Crippen LogP contribution in [0, 0.1) is 6.92 Å². The first-order valence-electron chi connectivity index (χ1n) is 11.0. The van der Waals surface area contributed by atoms with Crippen LogP contribution >= 0.6 is 0 Å². The number of fused-ring (bicyclic) bond motifs is 2. The lowest BCUT2D eigenvalue weighted by atomic mass is 10.1. The minimum absolute atomic E-state index is 0.0522. The summed E-state index contributed by atoms with van der Waals surface area (Å²) in [6.07, 6.45) is 3.51. The van der Waals surface area contributed by atoms with Crippen LogP contribution in [0.2, 0.25) is 0 Å². The van der Waals surface area contributed by atoms with Crippen molar-refractivity contribution in [2.45, 2.75) is 13.0 Å². The van der Waals surface area contributed by atoms with Gasteiger partial charge in [-0.05, 0) is 36.8 Å². The Morgan fingerprint density at radius 2 is 2.06 bits per heavy atom. The molecular formula is C24H26N6O3. The standard InChI is InChI=1S/C24H26N6O3/c1-16-10-21(28(2)27-16)24(32)30-9-8-29-14-23(31)26-20-11-17(18-4-3-7-25-12-18)5-6-22(20)33-15-19(29)13-30/h3-7,10-12,19H,8-9,13-15H2,1-2H3,(H,26,31)/t19-/m0/s1. The second-order valence-electron chi connectivity index (χ2n) is 8.48. The fourth-order valence-corrected chi connectivity index (χ4v) is 4.44. The number of hydrogen-bond acceptors (Lipinski definition) is 6. The van der Waals surface area contributed by atoms with Crippen molar-refractivity contribution in [1.82, 2.24) is 24.6 Å². The molecule has 2 aromatic heterocycles. The maximum absolute atomic E-state index is 13.1. The molecule has 1 aromatic carbocycles. The summed E-state index contributed by atoms with van der Waals surface area (Å²) in [4.78, 5) is 34.0. The van der Waals surface area contributed by atoms with Gasteiger partial charge in [0.2, 0.25) is 5.91 Å². The number of carbonyl (C=O) groups is 2. The number of amides is 2. The van der Waals surface area contributed by atoms with E-state index in [1.165, 1.54) is 0 Å². The van der Waals surface area contributed by atoms with Crippen molar-refractivity contribution in [3.8, 4) is 16.9 Å². The Labute approximate surface area is 192 Å². The molecule has 0 radical (unpaired) electrons. The number of anilines is 1. The van der Waals surface area contributed by atoms with Gasteiger partial charge in [0.15, 0.2) is 0 Å². The number of pyridine rings is 1. The van der Waals surface area contributed by atoms with Crippen LogP contribution in [0.3, 0.4) is 0 Å². The summed E-state index contributed by atoms with van der Waals surface area (Å²) < 4.78 is 7.77. The van der Waals surface area contributed by atoms with E-state index in [4.69, 9.17) is 4.74 Å². The van der Waals surface area contributed by atoms with E-state index in [0.717, 1.165) is 16.8 Å². The molecule has 0 aliphatic carbocycles. The SMILES string of the molecule is Cc1cc(C(=O)N2CCN3CC(=O)Nc4cc(-c5cccnc5)ccc4OC[C@@H]3C2)n(C)n1. The fourth-order valence-electron chi connectivity index (χ4n) is 4.44. The molecule has 33 heavy (non-hydrogen) atoms. The topological polar surface area (TPSA) is 92.6 Å². The second-order valence-corrected chi connectivity index (χ2v) is 8.48. The van der Waals surface area contributed by atoms with E-state index < -0.39 is 0 Å². The van der Waals surface area contributed by atoms with Crippen molar-refractivity contribution in [2.75, 3.05) is 38.1 Å². The molecule has 9 heteroatoms. The minimum Gasteiger partial charge on any atom is -0.490 e. The third-order valence-corrected chi connectivity index (χ3v) is 6.14. The first-order chi connectivity index (χ1) is 16.0. The van der Waals surface area contributed by atoms with Crippen LogP contribution in [0.5, 0.6) is 5.75 Å². The van der Waals surface area contributed by atoms with Crippen LogP contribution in [0.1, 0.15) is 16.2 Å². The number of ether oxygens (including phenoxy) is 1. The Bertz CT molecular complexity index is 1190. The predicted octanol–water partition coefficient (Wildman–Crippen LogP) is 1.95. The summed E-state index contributed by atoms with van der Waals surface area (Å²) >= 11 is 0. The Balaban J connectivity index is 1.36. The second kappa shape index (κ2) is 8.67. The number of rotatable bonds is 2. The summed E-state index contributed by atoms with van der Waals surface area (Å²) in [6, 6.07) is 11.3. The summed E-state index contributed by atoms with van der Waals surface area (Å²) in [5.74, 6) is 0.462. The Hall–Kier alpha value is -3.72. The van der Waals surface area contributed by atoms with Gasteiger partial charge in [0.1, 0.15) is 18.1 Å². The molecule has 1 fully saturated rings. The zero-order chi connectivity index (χ0) is 22.9. The van der Waals surface area contributed by atoms with Gasteiger partial charge in [0.05, 0.1) is 24.0 Å². The molecule has 1 N–H and O–H groups in total. The number of aryl methyl sites for hydroxylation is 2. The van der Waals surface area contributed by atoms with Crippen molar-refractivity contribution in [2.24, 2.45) is 7.05 Å². The van der Waals surface area contributed by atoms with E-state index in [0.29, 0.717) is 43.4 Å². The normalized spacial score (nSPS) is 18.8. The number of aromatic nitrogens is 3. The maximum Gasteiger partial charge on any atom is 0.272 e. The first kappa shape index (κ1) is 21.1. The molecule has 2 aliphatic rings. The van der Waals surface area contributed by atoms with Crippen LogP contribution in [-0.4, -0.2) is 75.2 Å². The summed E-state index contributed by atoms with van der Waals surface area (Å²) in [5, 5.41) is 7.29. The van der Waals surface area contributed by atoms with Gasteiger partial charge >= 0.3 is 0 Å². The summed E-state index contributed by atoms with van der Waals surface area (Å²) in [6.45, 7) is 4.13. The van der Waals surface area contributed by atoms with Gasteiger partial charge in [-0.3, -0.25) is 24.2 Å². The molecule has 9 nitrogen and oxygen atoms in total. The lowest BCUT2D eigenvalue weighted by Crippen LogP contribution is -2.58. The van der Waals surface area contributed by atoms with Gasteiger partial charge in [0.25, 0.3) is 5.91 Å². The van der Waals surface area contributed by atoms with Crippen LogP contribution in [-0.2, 0) is 11.8 Å². The largest absolute Gasteiger partial charge is 0.490 e. The third kappa shape index (κ3) is 4.31. The van der Waals surface area contributed by atoms with Crippen molar-refractivity contribution < 1.29 is 14.3 Å². The van der Waals surface area contributed by atoms with Crippen molar-refractivity contribution in [1.29, 1.82) is 0 Å². The van der Waals surface area contributed by atoms with Gasteiger partial charge in [-0.2, -0.15) is 5.10 Å². The van der Waals surface area contributed by atoms with Gasteiger partial charge < -0.3 is 15.0 Å². The van der Waals surface area contributed by atoms with E-state index in [1.54, 1.807) is 30.2 Å². The average Bonchev–Trinajstić information content (AvgIpc) is 3.18. The monoisotopic (exact) mass is 446 g/mol. The Kier molecular flexibility index (Phi) is 5.55. The van der Waals surface area contributed by atoms with Gasteiger partial charge in [-0.15, -0.1) is 0 Å². The molecule has 1 atom stereocenters. The minimum atomic E-state index is -0.0999. The van der Waals surface area contributed by atoms with E-state index in [1.807, 2.05) is 42.2 Å².